The van der Waals surface area contributed by atoms with Gasteiger partial charge in [-0.2, -0.15) is 14.0 Å². The topological polar surface area (TPSA) is 45.0 Å². The minimum Gasteiger partial charge on any atom is -0.435 e. The molecule has 0 saturated heterocycles. The number of hydrogen-bond donors (Lipinski definition) is 1. The lowest BCUT2D eigenvalue weighted by molar-refractivity contribution is -0.0498. The zero-order valence-corrected chi connectivity index (χ0v) is 11.7. The van der Waals surface area contributed by atoms with E-state index in [-0.39, 0.29) is 17.4 Å². The van der Waals surface area contributed by atoms with E-state index >= 15 is 0 Å². The van der Waals surface area contributed by atoms with Gasteiger partial charge in [0.1, 0.15) is 17.6 Å². The minimum atomic E-state index is -2.89. The third-order valence-corrected chi connectivity index (χ3v) is 3.06. The van der Waals surface area contributed by atoms with Crippen molar-refractivity contribution in [3.05, 3.63) is 59.4 Å². The van der Waals surface area contributed by atoms with E-state index in [0.29, 0.717) is 11.3 Å². The van der Waals surface area contributed by atoms with Crippen LogP contribution in [0.25, 0.3) is 0 Å². The van der Waals surface area contributed by atoms with Crippen molar-refractivity contribution in [3.8, 4) is 11.8 Å². The van der Waals surface area contributed by atoms with Crippen molar-refractivity contribution in [2.45, 2.75) is 19.6 Å². The number of rotatable bonds is 5. The standard InChI is InChI=1S/C16H13F3N2O/c1-10(11-3-2-4-14(8-11)22-16(18)19)21-15-6-5-13(17)7-12(15)9-20/h2-8,10,16,21H,1H3. The molecule has 0 aliphatic carbocycles. The van der Waals surface area contributed by atoms with Crippen LogP contribution < -0.4 is 10.1 Å². The lowest BCUT2D eigenvalue weighted by Crippen LogP contribution is -2.09. The van der Waals surface area contributed by atoms with Crippen LogP contribution in [0.15, 0.2) is 42.5 Å². The van der Waals surface area contributed by atoms with E-state index in [1.54, 1.807) is 19.1 Å². The van der Waals surface area contributed by atoms with Crippen molar-refractivity contribution in [1.82, 2.24) is 0 Å². The van der Waals surface area contributed by atoms with Crippen LogP contribution in [0.4, 0.5) is 18.9 Å². The van der Waals surface area contributed by atoms with E-state index in [0.717, 1.165) is 6.07 Å². The summed E-state index contributed by atoms with van der Waals surface area (Å²) in [5.41, 5.74) is 1.34. The van der Waals surface area contributed by atoms with Crippen LogP contribution in [0.1, 0.15) is 24.1 Å². The Kier molecular flexibility index (Phi) is 4.89. The van der Waals surface area contributed by atoms with Crippen LogP contribution in [-0.4, -0.2) is 6.61 Å². The highest BCUT2D eigenvalue weighted by Gasteiger charge is 2.11. The predicted molar refractivity (Wildman–Crippen MR) is 76.2 cm³/mol. The van der Waals surface area contributed by atoms with Crippen molar-refractivity contribution >= 4 is 5.69 Å². The highest BCUT2D eigenvalue weighted by Crippen LogP contribution is 2.25. The second-order valence-electron chi connectivity index (χ2n) is 4.62. The molecule has 0 spiro atoms. The number of hydrogen-bond acceptors (Lipinski definition) is 3. The van der Waals surface area contributed by atoms with Crippen LogP contribution in [0.2, 0.25) is 0 Å². The molecule has 0 heterocycles. The van der Waals surface area contributed by atoms with Gasteiger partial charge in [0, 0.05) is 6.04 Å². The summed E-state index contributed by atoms with van der Waals surface area (Å²) in [7, 11) is 0. The first-order valence-electron chi connectivity index (χ1n) is 6.50. The number of nitriles is 1. The molecule has 0 aliphatic rings. The van der Waals surface area contributed by atoms with Gasteiger partial charge in [0.15, 0.2) is 0 Å². The Morgan fingerprint density at radius 3 is 2.64 bits per heavy atom. The molecule has 2 aromatic rings. The molecule has 1 atom stereocenters. The summed E-state index contributed by atoms with van der Waals surface area (Å²) in [5, 5.41) is 12.1. The molecule has 2 rings (SSSR count). The third kappa shape index (κ3) is 3.92. The number of ether oxygens (including phenoxy) is 1. The normalized spacial score (nSPS) is 11.8. The quantitative estimate of drug-likeness (QED) is 0.886. The van der Waals surface area contributed by atoms with Gasteiger partial charge in [-0.05, 0) is 42.8 Å². The summed E-state index contributed by atoms with van der Waals surface area (Å²) in [6.45, 7) is -1.09. The van der Waals surface area contributed by atoms with E-state index in [1.165, 1.54) is 24.3 Å². The SMILES string of the molecule is CC(Nc1ccc(F)cc1C#N)c1cccc(OC(F)F)c1. The maximum absolute atomic E-state index is 13.1. The fraction of sp³-hybridized carbons (Fsp3) is 0.188. The molecule has 3 nitrogen and oxygen atoms in total. The lowest BCUT2D eigenvalue weighted by atomic mass is 10.1. The minimum absolute atomic E-state index is 0.0563. The Morgan fingerprint density at radius 2 is 1.95 bits per heavy atom. The first kappa shape index (κ1) is 15.7. The van der Waals surface area contributed by atoms with Crippen LogP contribution in [0, 0.1) is 17.1 Å². The molecule has 0 fully saturated rings. The number of benzene rings is 2. The zero-order chi connectivity index (χ0) is 16.1. The Balaban J connectivity index is 2.19. The molecule has 6 heteroatoms. The fourth-order valence-corrected chi connectivity index (χ4v) is 2.01. The first-order chi connectivity index (χ1) is 10.5. The second kappa shape index (κ2) is 6.85. The van der Waals surface area contributed by atoms with Gasteiger partial charge in [-0.1, -0.05) is 12.1 Å². The van der Waals surface area contributed by atoms with E-state index in [1.807, 2.05) is 6.07 Å². The molecular weight excluding hydrogens is 293 g/mol. The summed E-state index contributed by atoms with van der Waals surface area (Å²) >= 11 is 0. The predicted octanol–water partition coefficient (Wildman–Crippen LogP) is 4.47. The molecule has 0 radical (unpaired) electrons. The monoisotopic (exact) mass is 306 g/mol. The summed E-state index contributed by atoms with van der Waals surface area (Å²) in [4.78, 5) is 0. The summed E-state index contributed by atoms with van der Waals surface area (Å²) in [6.07, 6.45) is 0. The van der Waals surface area contributed by atoms with Gasteiger partial charge in [-0.3, -0.25) is 0 Å². The fourth-order valence-electron chi connectivity index (χ4n) is 2.01. The van der Waals surface area contributed by atoms with Gasteiger partial charge < -0.3 is 10.1 Å². The van der Waals surface area contributed by atoms with Gasteiger partial charge in [0.2, 0.25) is 0 Å². The molecular formula is C16H13F3N2O. The van der Waals surface area contributed by atoms with E-state index < -0.39 is 12.4 Å². The van der Waals surface area contributed by atoms with Crippen LogP contribution >= 0.6 is 0 Å². The van der Waals surface area contributed by atoms with Crippen LogP contribution in [0.3, 0.4) is 0 Å². The average molecular weight is 306 g/mol. The molecule has 114 valence electrons. The zero-order valence-electron chi connectivity index (χ0n) is 11.7. The van der Waals surface area contributed by atoms with E-state index in [2.05, 4.69) is 10.1 Å². The maximum atomic E-state index is 13.1. The average Bonchev–Trinajstić information content (AvgIpc) is 2.48. The third-order valence-electron chi connectivity index (χ3n) is 3.06. The van der Waals surface area contributed by atoms with Gasteiger partial charge in [-0.25, -0.2) is 4.39 Å². The first-order valence-corrected chi connectivity index (χ1v) is 6.50. The second-order valence-corrected chi connectivity index (χ2v) is 4.62. The number of nitrogens with zero attached hydrogens (tertiary/aromatic N) is 1. The molecule has 1 unspecified atom stereocenters. The number of halogens is 3. The van der Waals surface area contributed by atoms with Gasteiger partial charge >= 0.3 is 6.61 Å². The van der Waals surface area contributed by atoms with Crippen LogP contribution in [0.5, 0.6) is 5.75 Å². The Hall–Kier alpha value is -2.68. The molecule has 2 aromatic carbocycles. The maximum Gasteiger partial charge on any atom is 0.387 e. The summed E-state index contributed by atoms with van der Waals surface area (Å²) < 4.78 is 41.9. The molecule has 0 saturated carbocycles. The van der Waals surface area contributed by atoms with Crippen molar-refractivity contribution in [2.75, 3.05) is 5.32 Å². The summed E-state index contributed by atoms with van der Waals surface area (Å²) in [5.74, 6) is -0.442. The van der Waals surface area contributed by atoms with E-state index in [9.17, 15) is 13.2 Å². The van der Waals surface area contributed by atoms with E-state index in [4.69, 9.17) is 5.26 Å². The highest BCUT2D eigenvalue weighted by atomic mass is 19.3. The molecule has 0 amide bonds. The molecule has 22 heavy (non-hydrogen) atoms. The molecule has 1 N–H and O–H groups in total. The Labute approximate surface area is 126 Å². The van der Waals surface area contributed by atoms with Crippen LogP contribution in [-0.2, 0) is 0 Å². The summed E-state index contributed by atoms with van der Waals surface area (Å²) in [6, 6.07) is 11.7. The largest absolute Gasteiger partial charge is 0.435 e. The number of nitrogens with one attached hydrogen (secondary N) is 1. The number of anilines is 1. The number of alkyl halides is 2. The lowest BCUT2D eigenvalue weighted by Gasteiger charge is -2.17. The van der Waals surface area contributed by atoms with Gasteiger partial charge in [-0.15, -0.1) is 0 Å². The smallest absolute Gasteiger partial charge is 0.387 e. The molecule has 0 aliphatic heterocycles. The Morgan fingerprint density at radius 1 is 1.18 bits per heavy atom. The van der Waals surface area contributed by atoms with Crippen molar-refractivity contribution in [1.29, 1.82) is 5.26 Å². The van der Waals surface area contributed by atoms with Gasteiger partial charge in [0.05, 0.1) is 11.3 Å². The van der Waals surface area contributed by atoms with Crippen molar-refractivity contribution in [2.24, 2.45) is 0 Å². The molecule has 0 bridgehead atoms. The van der Waals surface area contributed by atoms with Crippen molar-refractivity contribution in [3.63, 3.8) is 0 Å². The highest BCUT2D eigenvalue weighted by molar-refractivity contribution is 5.58. The van der Waals surface area contributed by atoms with Crippen molar-refractivity contribution < 1.29 is 17.9 Å². The van der Waals surface area contributed by atoms with Gasteiger partial charge in [0.25, 0.3) is 0 Å². The molecule has 0 aromatic heterocycles. The Bertz CT molecular complexity index is 698.